The summed E-state index contributed by atoms with van der Waals surface area (Å²) in [6, 6.07) is 8.03. The predicted octanol–water partition coefficient (Wildman–Crippen LogP) is 2.74. The zero-order valence-electron chi connectivity index (χ0n) is 10.6. The summed E-state index contributed by atoms with van der Waals surface area (Å²) >= 11 is 0. The van der Waals surface area contributed by atoms with Crippen LogP contribution in [-0.4, -0.2) is 17.8 Å². The van der Waals surface area contributed by atoms with E-state index in [4.69, 9.17) is 9.84 Å². The van der Waals surface area contributed by atoms with E-state index in [9.17, 15) is 0 Å². The first-order chi connectivity index (χ1) is 8.26. The van der Waals surface area contributed by atoms with Crippen LogP contribution in [0.5, 0.6) is 0 Å². The number of rotatable bonds is 5. The molecule has 1 N–H and O–H groups in total. The van der Waals surface area contributed by atoms with Crippen LogP contribution in [0.15, 0.2) is 24.3 Å². The topological polar surface area (TPSA) is 29.5 Å². The Morgan fingerprint density at radius 3 is 2.94 bits per heavy atom. The van der Waals surface area contributed by atoms with Crippen LogP contribution in [-0.2, 0) is 11.3 Å². The largest absolute Gasteiger partial charge is 0.395 e. The fourth-order valence-corrected chi connectivity index (χ4v) is 1.32. The van der Waals surface area contributed by atoms with Gasteiger partial charge < -0.3 is 9.84 Å². The van der Waals surface area contributed by atoms with E-state index in [-0.39, 0.29) is 6.61 Å². The Labute approximate surface area is 104 Å². The molecule has 2 heteroatoms. The van der Waals surface area contributed by atoms with E-state index in [0.29, 0.717) is 19.1 Å². The van der Waals surface area contributed by atoms with Crippen molar-refractivity contribution in [1.82, 2.24) is 0 Å². The van der Waals surface area contributed by atoms with Crippen LogP contribution in [0.4, 0.5) is 0 Å². The zero-order chi connectivity index (χ0) is 12.5. The minimum atomic E-state index is 0.115. The van der Waals surface area contributed by atoms with Crippen molar-refractivity contribution in [2.45, 2.75) is 39.4 Å². The Kier molecular flexibility index (Phi) is 6.39. The van der Waals surface area contributed by atoms with E-state index in [2.05, 4.69) is 25.7 Å². The van der Waals surface area contributed by atoms with Crippen molar-refractivity contribution in [3.8, 4) is 11.8 Å². The molecule has 2 nitrogen and oxygen atoms in total. The highest BCUT2D eigenvalue weighted by molar-refractivity contribution is 5.36. The summed E-state index contributed by atoms with van der Waals surface area (Å²) in [5, 5.41) is 8.65. The molecule has 1 unspecified atom stereocenters. The molecule has 0 aromatic heterocycles. The second kappa shape index (κ2) is 7.89. The summed E-state index contributed by atoms with van der Waals surface area (Å²) in [5.41, 5.74) is 2.12. The SMILES string of the molecule is CCC(C)OCc1cccc(C#CCCO)c1. The van der Waals surface area contributed by atoms with Crippen LogP contribution >= 0.6 is 0 Å². The van der Waals surface area contributed by atoms with Crippen molar-refractivity contribution in [3.05, 3.63) is 35.4 Å². The van der Waals surface area contributed by atoms with Gasteiger partial charge in [-0.15, -0.1) is 0 Å². The first kappa shape index (κ1) is 13.8. The number of hydrogen-bond donors (Lipinski definition) is 1. The lowest BCUT2D eigenvalue weighted by atomic mass is 10.1. The van der Waals surface area contributed by atoms with Crippen molar-refractivity contribution in [2.75, 3.05) is 6.61 Å². The smallest absolute Gasteiger partial charge is 0.0720 e. The normalized spacial score (nSPS) is 11.7. The molecule has 17 heavy (non-hydrogen) atoms. The Morgan fingerprint density at radius 2 is 2.24 bits per heavy atom. The van der Waals surface area contributed by atoms with Gasteiger partial charge in [-0.1, -0.05) is 30.9 Å². The van der Waals surface area contributed by atoms with Gasteiger partial charge in [-0.05, 0) is 31.0 Å². The van der Waals surface area contributed by atoms with Gasteiger partial charge in [-0.3, -0.25) is 0 Å². The molecule has 0 spiro atoms. The molecule has 1 rings (SSSR count). The first-order valence-electron chi connectivity index (χ1n) is 6.06. The maximum absolute atomic E-state index is 8.65. The van der Waals surface area contributed by atoms with Gasteiger partial charge in [-0.25, -0.2) is 0 Å². The first-order valence-corrected chi connectivity index (χ1v) is 6.06. The molecule has 92 valence electrons. The van der Waals surface area contributed by atoms with Gasteiger partial charge in [0, 0.05) is 12.0 Å². The second-order valence-electron chi connectivity index (χ2n) is 4.01. The second-order valence-corrected chi connectivity index (χ2v) is 4.01. The monoisotopic (exact) mass is 232 g/mol. The van der Waals surface area contributed by atoms with Crippen molar-refractivity contribution in [3.63, 3.8) is 0 Å². The van der Waals surface area contributed by atoms with Crippen LogP contribution in [0, 0.1) is 11.8 Å². The lowest BCUT2D eigenvalue weighted by molar-refractivity contribution is 0.0508. The van der Waals surface area contributed by atoms with Crippen LogP contribution in [0.2, 0.25) is 0 Å². The molecule has 0 saturated carbocycles. The standard InChI is InChI=1S/C15H20O2/c1-3-13(2)17-12-15-9-6-8-14(11-15)7-4-5-10-16/h6,8-9,11,13,16H,3,5,10,12H2,1-2H3. The molecule has 0 heterocycles. The Bertz CT molecular complexity index is 387. The van der Waals surface area contributed by atoms with Gasteiger partial charge in [-0.2, -0.15) is 0 Å². The molecular formula is C15H20O2. The highest BCUT2D eigenvalue weighted by atomic mass is 16.5. The van der Waals surface area contributed by atoms with Crippen LogP contribution < -0.4 is 0 Å². The molecule has 0 fully saturated rings. The zero-order valence-corrected chi connectivity index (χ0v) is 10.6. The number of ether oxygens (including phenoxy) is 1. The van der Waals surface area contributed by atoms with Gasteiger partial charge in [0.1, 0.15) is 0 Å². The van der Waals surface area contributed by atoms with E-state index in [1.807, 2.05) is 24.3 Å². The predicted molar refractivity (Wildman–Crippen MR) is 69.6 cm³/mol. The lowest BCUT2D eigenvalue weighted by Gasteiger charge is -2.10. The number of aliphatic hydroxyl groups excluding tert-OH is 1. The fourth-order valence-electron chi connectivity index (χ4n) is 1.32. The van der Waals surface area contributed by atoms with Crippen LogP contribution in [0.25, 0.3) is 0 Å². The average Bonchev–Trinajstić information content (AvgIpc) is 2.37. The van der Waals surface area contributed by atoms with Gasteiger partial charge in [0.2, 0.25) is 0 Å². The highest BCUT2D eigenvalue weighted by Crippen LogP contribution is 2.08. The number of benzene rings is 1. The minimum Gasteiger partial charge on any atom is -0.395 e. The fraction of sp³-hybridized carbons (Fsp3) is 0.467. The maximum Gasteiger partial charge on any atom is 0.0720 e. The third kappa shape index (κ3) is 5.53. The van der Waals surface area contributed by atoms with Crippen LogP contribution in [0.1, 0.15) is 37.8 Å². The molecule has 0 radical (unpaired) electrons. The van der Waals surface area contributed by atoms with Crippen molar-refractivity contribution in [2.24, 2.45) is 0 Å². The highest BCUT2D eigenvalue weighted by Gasteiger charge is 1.99. The summed E-state index contributed by atoms with van der Waals surface area (Å²) in [7, 11) is 0. The van der Waals surface area contributed by atoms with Crippen molar-refractivity contribution < 1.29 is 9.84 Å². The molecule has 0 aliphatic carbocycles. The van der Waals surface area contributed by atoms with Gasteiger partial charge in [0.05, 0.1) is 19.3 Å². The molecule has 0 saturated heterocycles. The molecule has 1 aromatic rings. The summed E-state index contributed by atoms with van der Waals surface area (Å²) in [4.78, 5) is 0. The molecular weight excluding hydrogens is 212 g/mol. The summed E-state index contributed by atoms with van der Waals surface area (Å²) in [5.74, 6) is 5.94. The van der Waals surface area contributed by atoms with Gasteiger partial charge >= 0.3 is 0 Å². The number of aliphatic hydroxyl groups is 1. The van der Waals surface area contributed by atoms with Gasteiger partial charge in [0.15, 0.2) is 0 Å². The van der Waals surface area contributed by atoms with Crippen molar-refractivity contribution >= 4 is 0 Å². The van der Waals surface area contributed by atoms with E-state index in [1.54, 1.807) is 0 Å². The van der Waals surface area contributed by atoms with E-state index < -0.39 is 0 Å². The average molecular weight is 232 g/mol. The number of hydrogen-bond acceptors (Lipinski definition) is 2. The third-order valence-electron chi connectivity index (χ3n) is 2.51. The molecule has 1 atom stereocenters. The summed E-state index contributed by atoms with van der Waals surface area (Å²) in [6.07, 6.45) is 1.84. The molecule has 0 aliphatic heterocycles. The minimum absolute atomic E-state index is 0.115. The Balaban J connectivity index is 2.57. The van der Waals surface area contributed by atoms with Crippen molar-refractivity contribution in [1.29, 1.82) is 0 Å². The molecule has 0 bridgehead atoms. The summed E-state index contributed by atoms with van der Waals surface area (Å²) < 4.78 is 5.67. The van der Waals surface area contributed by atoms with Gasteiger partial charge in [0.25, 0.3) is 0 Å². The van der Waals surface area contributed by atoms with E-state index in [1.165, 1.54) is 0 Å². The van der Waals surface area contributed by atoms with Crippen LogP contribution in [0.3, 0.4) is 0 Å². The molecule has 1 aromatic carbocycles. The molecule has 0 amide bonds. The Hall–Kier alpha value is -1.30. The quantitative estimate of drug-likeness (QED) is 0.791. The summed E-state index contributed by atoms with van der Waals surface area (Å²) in [6.45, 7) is 4.93. The Morgan fingerprint density at radius 1 is 1.41 bits per heavy atom. The van der Waals surface area contributed by atoms with E-state index >= 15 is 0 Å². The third-order valence-corrected chi connectivity index (χ3v) is 2.51. The van der Waals surface area contributed by atoms with E-state index in [0.717, 1.165) is 17.5 Å². The maximum atomic E-state index is 8.65. The molecule has 0 aliphatic rings. The lowest BCUT2D eigenvalue weighted by Crippen LogP contribution is -2.06.